The SMILES string of the molecule is CCC(O)c1ccc(N2CCN(CC(C)(C)O)CC2)cc1. The van der Waals surface area contributed by atoms with Crippen molar-refractivity contribution in [3.8, 4) is 0 Å². The monoisotopic (exact) mass is 292 g/mol. The first-order chi connectivity index (χ1) is 9.89. The van der Waals surface area contributed by atoms with E-state index < -0.39 is 5.60 Å². The second-order valence-corrected chi connectivity index (χ2v) is 6.59. The van der Waals surface area contributed by atoms with E-state index in [-0.39, 0.29) is 6.10 Å². The van der Waals surface area contributed by atoms with Crippen molar-refractivity contribution in [2.75, 3.05) is 37.6 Å². The molecule has 1 heterocycles. The molecule has 1 aliphatic rings. The fraction of sp³-hybridized carbons (Fsp3) is 0.647. The van der Waals surface area contributed by atoms with Crippen LogP contribution in [0.4, 0.5) is 5.69 Å². The Morgan fingerprint density at radius 3 is 2.14 bits per heavy atom. The molecule has 0 bridgehead atoms. The number of piperazine rings is 1. The second kappa shape index (κ2) is 6.77. The first-order valence-electron chi connectivity index (χ1n) is 7.87. The standard InChI is InChI=1S/C17H28N2O2/c1-4-16(20)14-5-7-15(8-6-14)19-11-9-18(10-12-19)13-17(2,3)21/h5-8,16,20-21H,4,9-13H2,1-3H3. The predicted octanol–water partition coefficient (Wildman–Crippen LogP) is 2.02. The summed E-state index contributed by atoms with van der Waals surface area (Å²) in [5, 5.41) is 19.7. The molecule has 1 saturated heterocycles. The summed E-state index contributed by atoms with van der Waals surface area (Å²) in [4.78, 5) is 4.68. The zero-order chi connectivity index (χ0) is 15.5. The Labute approximate surface area is 128 Å². The Balaban J connectivity index is 1.90. The lowest BCUT2D eigenvalue weighted by Crippen LogP contribution is -2.50. The van der Waals surface area contributed by atoms with E-state index in [1.54, 1.807) is 0 Å². The molecule has 4 heteroatoms. The summed E-state index contributed by atoms with van der Waals surface area (Å²) in [6.45, 7) is 10.3. The van der Waals surface area contributed by atoms with Gasteiger partial charge in [0, 0.05) is 38.4 Å². The Morgan fingerprint density at radius 1 is 1.10 bits per heavy atom. The molecule has 0 aliphatic carbocycles. The highest BCUT2D eigenvalue weighted by molar-refractivity contribution is 5.48. The number of aliphatic hydroxyl groups is 2. The summed E-state index contributed by atoms with van der Waals surface area (Å²) in [5.41, 5.74) is 1.58. The summed E-state index contributed by atoms with van der Waals surface area (Å²) in [7, 11) is 0. The fourth-order valence-electron chi connectivity index (χ4n) is 2.85. The van der Waals surface area contributed by atoms with Gasteiger partial charge in [-0.3, -0.25) is 4.90 Å². The van der Waals surface area contributed by atoms with Crippen LogP contribution in [0.2, 0.25) is 0 Å². The number of rotatable bonds is 5. The molecular formula is C17H28N2O2. The Morgan fingerprint density at radius 2 is 1.67 bits per heavy atom. The third-order valence-corrected chi connectivity index (χ3v) is 4.01. The first kappa shape index (κ1) is 16.3. The molecule has 1 aliphatic heterocycles. The van der Waals surface area contributed by atoms with E-state index in [1.807, 2.05) is 32.9 Å². The van der Waals surface area contributed by atoms with Crippen molar-refractivity contribution in [1.29, 1.82) is 0 Å². The molecule has 0 saturated carbocycles. The number of hydrogen-bond acceptors (Lipinski definition) is 4. The number of nitrogens with zero attached hydrogens (tertiary/aromatic N) is 2. The molecule has 1 unspecified atom stereocenters. The van der Waals surface area contributed by atoms with Gasteiger partial charge in [-0.2, -0.15) is 0 Å². The van der Waals surface area contributed by atoms with Crippen LogP contribution < -0.4 is 4.90 Å². The van der Waals surface area contributed by atoms with Crippen molar-refractivity contribution in [3.05, 3.63) is 29.8 Å². The van der Waals surface area contributed by atoms with Crippen LogP contribution in [0, 0.1) is 0 Å². The minimum absolute atomic E-state index is 0.359. The number of β-amino-alcohol motifs (C(OH)–C–C–N with tert-alkyl or cyclic N) is 1. The Bertz CT molecular complexity index is 431. The molecule has 0 radical (unpaired) electrons. The van der Waals surface area contributed by atoms with Crippen LogP contribution in [0.15, 0.2) is 24.3 Å². The molecule has 0 aromatic heterocycles. The molecule has 21 heavy (non-hydrogen) atoms. The van der Waals surface area contributed by atoms with E-state index in [0.29, 0.717) is 0 Å². The predicted molar refractivity (Wildman–Crippen MR) is 86.6 cm³/mol. The van der Waals surface area contributed by atoms with E-state index >= 15 is 0 Å². The van der Waals surface area contributed by atoms with E-state index in [0.717, 1.165) is 44.7 Å². The zero-order valence-corrected chi connectivity index (χ0v) is 13.4. The molecule has 118 valence electrons. The minimum atomic E-state index is -0.625. The first-order valence-corrected chi connectivity index (χ1v) is 7.87. The van der Waals surface area contributed by atoms with Crippen molar-refractivity contribution in [2.45, 2.75) is 38.9 Å². The second-order valence-electron chi connectivity index (χ2n) is 6.59. The van der Waals surface area contributed by atoms with Gasteiger partial charge in [0.25, 0.3) is 0 Å². The van der Waals surface area contributed by atoms with Crippen LogP contribution in [-0.4, -0.2) is 53.4 Å². The lowest BCUT2D eigenvalue weighted by molar-refractivity contribution is 0.0345. The molecule has 1 fully saturated rings. The molecule has 1 atom stereocenters. The topological polar surface area (TPSA) is 46.9 Å². The maximum atomic E-state index is 9.88. The lowest BCUT2D eigenvalue weighted by atomic mass is 10.1. The van der Waals surface area contributed by atoms with Crippen LogP contribution >= 0.6 is 0 Å². The van der Waals surface area contributed by atoms with Crippen molar-refractivity contribution in [2.24, 2.45) is 0 Å². The summed E-state index contributed by atoms with van der Waals surface area (Å²) in [6, 6.07) is 8.24. The molecule has 2 rings (SSSR count). The number of benzene rings is 1. The largest absolute Gasteiger partial charge is 0.389 e. The van der Waals surface area contributed by atoms with Gasteiger partial charge in [0.15, 0.2) is 0 Å². The van der Waals surface area contributed by atoms with Gasteiger partial charge in [-0.15, -0.1) is 0 Å². The van der Waals surface area contributed by atoms with Crippen LogP contribution in [0.25, 0.3) is 0 Å². The Hall–Kier alpha value is -1.10. The van der Waals surface area contributed by atoms with Crippen LogP contribution in [0.1, 0.15) is 38.9 Å². The average Bonchev–Trinajstić information content (AvgIpc) is 2.46. The smallest absolute Gasteiger partial charge is 0.0787 e. The maximum absolute atomic E-state index is 9.88. The van der Waals surface area contributed by atoms with Crippen molar-refractivity contribution >= 4 is 5.69 Å². The maximum Gasteiger partial charge on any atom is 0.0787 e. The van der Waals surface area contributed by atoms with Crippen molar-refractivity contribution < 1.29 is 10.2 Å². The molecule has 0 amide bonds. The van der Waals surface area contributed by atoms with Gasteiger partial charge in [0.1, 0.15) is 0 Å². The molecule has 2 N–H and O–H groups in total. The van der Waals surface area contributed by atoms with Crippen LogP contribution in [-0.2, 0) is 0 Å². The van der Waals surface area contributed by atoms with Crippen molar-refractivity contribution in [3.63, 3.8) is 0 Å². The lowest BCUT2D eigenvalue weighted by Gasteiger charge is -2.38. The van der Waals surface area contributed by atoms with Gasteiger partial charge in [-0.1, -0.05) is 19.1 Å². The van der Waals surface area contributed by atoms with Crippen molar-refractivity contribution in [1.82, 2.24) is 4.90 Å². The number of hydrogen-bond donors (Lipinski definition) is 2. The average molecular weight is 292 g/mol. The van der Waals surface area contributed by atoms with Gasteiger partial charge < -0.3 is 15.1 Å². The quantitative estimate of drug-likeness (QED) is 0.872. The van der Waals surface area contributed by atoms with E-state index in [1.165, 1.54) is 5.69 Å². The highest BCUT2D eigenvalue weighted by atomic mass is 16.3. The molecule has 4 nitrogen and oxygen atoms in total. The van der Waals surface area contributed by atoms with Gasteiger partial charge in [0.2, 0.25) is 0 Å². The highest BCUT2D eigenvalue weighted by Crippen LogP contribution is 2.22. The minimum Gasteiger partial charge on any atom is -0.389 e. The van der Waals surface area contributed by atoms with E-state index in [9.17, 15) is 10.2 Å². The summed E-state index contributed by atoms with van der Waals surface area (Å²) in [6.07, 6.45) is 0.386. The molecular weight excluding hydrogens is 264 g/mol. The highest BCUT2D eigenvalue weighted by Gasteiger charge is 2.22. The third-order valence-electron chi connectivity index (χ3n) is 4.01. The van der Waals surface area contributed by atoms with Gasteiger partial charge in [0.05, 0.1) is 11.7 Å². The van der Waals surface area contributed by atoms with Crippen LogP contribution in [0.5, 0.6) is 0 Å². The van der Waals surface area contributed by atoms with E-state index in [2.05, 4.69) is 21.9 Å². The third kappa shape index (κ3) is 4.70. The number of aliphatic hydroxyl groups excluding tert-OH is 1. The summed E-state index contributed by atoms with van der Waals surface area (Å²) in [5.74, 6) is 0. The molecule has 1 aromatic carbocycles. The molecule has 0 spiro atoms. The summed E-state index contributed by atoms with van der Waals surface area (Å²) >= 11 is 0. The fourth-order valence-corrected chi connectivity index (χ4v) is 2.85. The van der Waals surface area contributed by atoms with Crippen LogP contribution in [0.3, 0.4) is 0 Å². The number of anilines is 1. The normalized spacial score (nSPS) is 18.8. The van der Waals surface area contributed by atoms with E-state index in [4.69, 9.17) is 0 Å². The van der Waals surface area contributed by atoms with Gasteiger partial charge in [-0.25, -0.2) is 0 Å². The van der Waals surface area contributed by atoms with Gasteiger partial charge in [-0.05, 0) is 38.0 Å². The van der Waals surface area contributed by atoms with Gasteiger partial charge >= 0.3 is 0 Å². The summed E-state index contributed by atoms with van der Waals surface area (Å²) < 4.78 is 0. The molecule has 1 aromatic rings. The Kier molecular flexibility index (Phi) is 5.25. The zero-order valence-electron chi connectivity index (χ0n) is 13.4.